The highest BCUT2D eigenvalue weighted by atomic mass is 16.3. The minimum atomic E-state index is -0.0257. The van der Waals surface area contributed by atoms with Crippen molar-refractivity contribution in [1.29, 1.82) is 0 Å². The Bertz CT molecular complexity index is 551. The Labute approximate surface area is 95.4 Å². The van der Waals surface area contributed by atoms with E-state index in [-0.39, 0.29) is 6.04 Å². The number of furan rings is 1. The van der Waals surface area contributed by atoms with E-state index in [0.717, 1.165) is 11.3 Å². The van der Waals surface area contributed by atoms with E-state index in [1.165, 1.54) is 41.3 Å². The van der Waals surface area contributed by atoms with Gasteiger partial charge in [-0.25, -0.2) is 0 Å². The zero-order valence-electron chi connectivity index (χ0n) is 9.84. The quantitative estimate of drug-likeness (QED) is 0.793. The van der Waals surface area contributed by atoms with Crippen LogP contribution in [0.5, 0.6) is 0 Å². The van der Waals surface area contributed by atoms with Crippen LogP contribution in [0.3, 0.4) is 0 Å². The average Bonchev–Trinajstić information content (AvgIpc) is 2.80. The molecule has 84 valence electrons. The maximum atomic E-state index is 5.91. The van der Waals surface area contributed by atoms with Crippen molar-refractivity contribution in [3.63, 3.8) is 0 Å². The molecule has 3 rings (SSSR count). The fraction of sp³-hybridized carbons (Fsp3) is 0.429. The van der Waals surface area contributed by atoms with Gasteiger partial charge in [-0.1, -0.05) is 0 Å². The van der Waals surface area contributed by atoms with E-state index in [1.807, 2.05) is 6.92 Å². The van der Waals surface area contributed by atoms with Crippen LogP contribution in [-0.4, -0.2) is 0 Å². The largest absolute Gasteiger partial charge is 0.459 e. The van der Waals surface area contributed by atoms with Gasteiger partial charge in [-0.3, -0.25) is 0 Å². The molecule has 2 aromatic rings. The van der Waals surface area contributed by atoms with Gasteiger partial charge in [0.05, 0.1) is 6.04 Å². The van der Waals surface area contributed by atoms with Crippen molar-refractivity contribution < 1.29 is 4.42 Å². The molecule has 0 bridgehead atoms. The van der Waals surface area contributed by atoms with Crippen LogP contribution in [-0.2, 0) is 12.8 Å². The Morgan fingerprint density at radius 3 is 2.62 bits per heavy atom. The Balaban J connectivity index is 2.28. The summed E-state index contributed by atoms with van der Waals surface area (Å²) in [4.78, 5) is 0. The molecule has 0 aliphatic heterocycles. The number of hydrogen-bond donors (Lipinski definition) is 1. The van der Waals surface area contributed by atoms with Gasteiger partial charge in [-0.05, 0) is 61.9 Å². The highest BCUT2D eigenvalue weighted by molar-refractivity contribution is 5.84. The molecule has 0 radical (unpaired) electrons. The Morgan fingerprint density at radius 1 is 1.25 bits per heavy atom. The lowest BCUT2D eigenvalue weighted by atomic mass is 10.0. The van der Waals surface area contributed by atoms with Crippen molar-refractivity contribution in [2.75, 3.05) is 0 Å². The van der Waals surface area contributed by atoms with Crippen molar-refractivity contribution in [3.8, 4) is 0 Å². The second-order valence-corrected chi connectivity index (χ2v) is 4.85. The summed E-state index contributed by atoms with van der Waals surface area (Å²) in [5.41, 5.74) is 11.1. The lowest BCUT2D eigenvalue weighted by Crippen LogP contribution is -2.04. The van der Waals surface area contributed by atoms with E-state index >= 15 is 0 Å². The third-order valence-electron chi connectivity index (χ3n) is 3.60. The molecule has 1 heterocycles. The minimum Gasteiger partial charge on any atom is -0.459 e. The maximum absolute atomic E-state index is 5.91. The summed E-state index contributed by atoms with van der Waals surface area (Å²) in [6, 6.07) is 4.47. The van der Waals surface area contributed by atoms with Gasteiger partial charge < -0.3 is 10.2 Å². The van der Waals surface area contributed by atoms with Gasteiger partial charge in [-0.15, -0.1) is 0 Å². The van der Waals surface area contributed by atoms with Crippen LogP contribution in [0.2, 0.25) is 0 Å². The first kappa shape index (κ1) is 9.91. The van der Waals surface area contributed by atoms with Gasteiger partial charge in [0, 0.05) is 5.39 Å². The van der Waals surface area contributed by atoms with Crippen molar-refractivity contribution in [2.45, 2.75) is 39.2 Å². The van der Waals surface area contributed by atoms with Gasteiger partial charge >= 0.3 is 0 Å². The molecule has 1 aliphatic rings. The highest BCUT2D eigenvalue weighted by Gasteiger charge is 2.18. The Kier molecular flexibility index (Phi) is 2.08. The van der Waals surface area contributed by atoms with E-state index < -0.39 is 0 Å². The minimum absolute atomic E-state index is 0.0257. The van der Waals surface area contributed by atoms with Gasteiger partial charge in [0.1, 0.15) is 11.3 Å². The zero-order valence-corrected chi connectivity index (χ0v) is 9.84. The summed E-state index contributed by atoms with van der Waals surface area (Å²) in [6.45, 7) is 4.07. The lowest BCUT2D eigenvalue weighted by Gasteiger charge is -2.00. The van der Waals surface area contributed by atoms with Crippen molar-refractivity contribution in [3.05, 3.63) is 34.6 Å². The fourth-order valence-electron chi connectivity index (χ4n) is 2.74. The van der Waals surface area contributed by atoms with E-state index in [9.17, 15) is 0 Å². The fourth-order valence-corrected chi connectivity index (χ4v) is 2.74. The van der Waals surface area contributed by atoms with Crippen molar-refractivity contribution >= 4 is 11.0 Å². The van der Waals surface area contributed by atoms with Gasteiger partial charge in [-0.2, -0.15) is 0 Å². The molecule has 0 amide bonds. The standard InChI is InChI=1S/C14H17NO/c1-8-12-6-10-4-3-5-11(10)7-13(12)16-14(8)9(2)15/h6-7,9H,3-5,15H2,1-2H3/t9-/m1/s1. The third-order valence-corrected chi connectivity index (χ3v) is 3.60. The lowest BCUT2D eigenvalue weighted by molar-refractivity contribution is 0.509. The second-order valence-electron chi connectivity index (χ2n) is 4.85. The van der Waals surface area contributed by atoms with E-state index in [2.05, 4.69) is 19.1 Å². The molecule has 0 unspecified atom stereocenters. The van der Waals surface area contributed by atoms with Gasteiger partial charge in [0.2, 0.25) is 0 Å². The molecule has 1 aromatic carbocycles. The number of aryl methyl sites for hydroxylation is 3. The zero-order chi connectivity index (χ0) is 11.3. The number of hydrogen-bond acceptors (Lipinski definition) is 2. The topological polar surface area (TPSA) is 39.2 Å². The van der Waals surface area contributed by atoms with Crippen LogP contribution in [0, 0.1) is 6.92 Å². The van der Waals surface area contributed by atoms with E-state index in [4.69, 9.17) is 10.2 Å². The Morgan fingerprint density at radius 2 is 1.94 bits per heavy atom. The molecule has 0 fully saturated rings. The van der Waals surface area contributed by atoms with Crippen molar-refractivity contribution in [2.24, 2.45) is 5.73 Å². The molecule has 2 N–H and O–H groups in total. The van der Waals surface area contributed by atoms with Gasteiger partial charge in [0.25, 0.3) is 0 Å². The molecule has 1 aliphatic carbocycles. The van der Waals surface area contributed by atoms with Crippen LogP contribution in [0.4, 0.5) is 0 Å². The van der Waals surface area contributed by atoms with Crippen LogP contribution in [0.25, 0.3) is 11.0 Å². The summed E-state index contributed by atoms with van der Waals surface area (Å²) in [6.07, 6.45) is 3.68. The van der Waals surface area contributed by atoms with E-state index in [0.29, 0.717) is 0 Å². The molecule has 16 heavy (non-hydrogen) atoms. The molecule has 2 heteroatoms. The highest BCUT2D eigenvalue weighted by Crippen LogP contribution is 2.33. The average molecular weight is 215 g/mol. The predicted molar refractivity (Wildman–Crippen MR) is 65.6 cm³/mol. The first-order chi connectivity index (χ1) is 7.66. The second kappa shape index (κ2) is 3.36. The first-order valence-corrected chi connectivity index (χ1v) is 5.97. The molecule has 0 saturated heterocycles. The molecular formula is C14H17NO. The van der Waals surface area contributed by atoms with Crippen LogP contribution >= 0.6 is 0 Å². The van der Waals surface area contributed by atoms with Crippen LogP contribution < -0.4 is 5.73 Å². The monoisotopic (exact) mass is 215 g/mol. The molecule has 1 atom stereocenters. The smallest absolute Gasteiger partial charge is 0.134 e. The Hall–Kier alpha value is -1.28. The third kappa shape index (κ3) is 1.30. The number of benzene rings is 1. The SMILES string of the molecule is Cc1c([C@@H](C)N)oc2cc3c(cc12)CCC3. The van der Waals surface area contributed by atoms with Crippen LogP contribution in [0.1, 0.15) is 41.8 Å². The maximum Gasteiger partial charge on any atom is 0.134 e. The van der Waals surface area contributed by atoms with Crippen molar-refractivity contribution in [1.82, 2.24) is 0 Å². The summed E-state index contributed by atoms with van der Waals surface area (Å²) < 4.78 is 5.86. The number of fused-ring (bicyclic) bond motifs is 2. The summed E-state index contributed by atoms with van der Waals surface area (Å²) in [5, 5.41) is 1.24. The summed E-state index contributed by atoms with van der Waals surface area (Å²) in [7, 11) is 0. The first-order valence-electron chi connectivity index (χ1n) is 5.97. The van der Waals surface area contributed by atoms with Crippen LogP contribution in [0.15, 0.2) is 16.5 Å². The number of rotatable bonds is 1. The number of nitrogens with two attached hydrogens (primary N) is 1. The van der Waals surface area contributed by atoms with Gasteiger partial charge in [0.15, 0.2) is 0 Å². The molecule has 0 spiro atoms. The molecular weight excluding hydrogens is 198 g/mol. The van der Waals surface area contributed by atoms with E-state index in [1.54, 1.807) is 0 Å². The summed E-state index contributed by atoms with van der Waals surface area (Å²) >= 11 is 0. The summed E-state index contributed by atoms with van der Waals surface area (Å²) in [5.74, 6) is 0.929. The molecule has 2 nitrogen and oxygen atoms in total. The normalized spacial score (nSPS) is 16.7. The molecule has 0 saturated carbocycles. The molecule has 1 aromatic heterocycles. The predicted octanol–water partition coefficient (Wildman–Crippen LogP) is 3.25.